The topological polar surface area (TPSA) is 87.4 Å². The van der Waals surface area contributed by atoms with Crippen molar-refractivity contribution < 1.29 is 19.4 Å². The van der Waals surface area contributed by atoms with Crippen molar-refractivity contribution in [3.05, 3.63) is 104 Å². The van der Waals surface area contributed by atoms with Gasteiger partial charge >= 0.3 is 5.97 Å². The van der Waals surface area contributed by atoms with E-state index in [1.54, 1.807) is 17.5 Å². The highest BCUT2D eigenvalue weighted by Gasteiger charge is 2.52. The number of benzene rings is 2. The standard InChI is InChI=1S/C26H20BrNO4S/c27-19-10-8-18(9-11-19)21-13-22(29)20(25(31)32-15-17-5-2-1-3-6-17)14-26(21,16-28)24(30)23-7-4-12-33-23/h1-12,21,29H,13-15H2/t21-,26-/m0/s1. The van der Waals surface area contributed by atoms with Crippen molar-refractivity contribution in [2.75, 3.05) is 0 Å². The zero-order chi connectivity index (χ0) is 23.4. The highest BCUT2D eigenvalue weighted by molar-refractivity contribution is 9.10. The molecule has 0 radical (unpaired) electrons. The van der Waals surface area contributed by atoms with Crippen molar-refractivity contribution in [3.8, 4) is 6.07 Å². The summed E-state index contributed by atoms with van der Waals surface area (Å²) in [4.78, 5) is 27.0. The van der Waals surface area contributed by atoms with E-state index in [0.717, 1.165) is 15.6 Å². The van der Waals surface area contributed by atoms with Crippen LogP contribution in [0.3, 0.4) is 0 Å². The van der Waals surface area contributed by atoms with E-state index >= 15 is 0 Å². The molecule has 1 aromatic heterocycles. The van der Waals surface area contributed by atoms with Crippen LogP contribution in [0.1, 0.15) is 39.6 Å². The van der Waals surface area contributed by atoms with Gasteiger partial charge in [-0.25, -0.2) is 4.79 Å². The Bertz CT molecular complexity index is 1230. The molecule has 166 valence electrons. The number of ketones is 1. The van der Waals surface area contributed by atoms with Crippen LogP contribution in [-0.2, 0) is 16.1 Å². The Balaban J connectivity index is 1.71. The zero-order valence-electron chi connectivity index (χ0n) is 17.5. The third kappa shape index (κ3) is 4.63. The first-order chi connectivity index (χ1) is 15.9. The van der Waals surface area contributed by atoms with Gasteiger partial charge in [-0.3, -0.25) is 4.79 Å². The maximum atomic E-state index is 13.6. The Morgan fingerprint density at radius 1 is 1.12 bits per heavy atom. The first-order valence-electron chi connectivity index (χ1n) is 10.3. The largest absolute Gasteiger partial charge is 0.512 e. The Kier molecular flexibility index (Phi) is 6.77. The first-order valence-corrected chi connectivity index (χ1v) is 12.0. The molecular formula is C26H20BrNO4S. The SMILES string of the molecule is N#C[C@@]1(C(=O)c2cccs2)CC(C(=O)OCc2ccccc2)=C(O)C[C@H]1c1ccc(Br)cc1. The van der Waals surface area contributed by atoms with E-state index in [2.05, 4.69) is 22.0 Å². The van der Waals surface area contributed by atoms with Crippen LogP contribution < -0.4 is 0 Å². The maximum absolute atomic E-state index is 13.6. The maximum Gasteiger partial charge on any atom is 0.337 e. The minimum Gasteiger partial charge on any atom is -0.512 e. The molecule has 1 aliphatic carbocycles. The second kappa shape index (κ2) is 9.74. The fourth-order valence-corrected chi connectivity index (χ4v) is 5.14. The Labute approximate surface area is 204 Å². The van der Waals surface area contributed by atoms with Gasteiger partial charge in [0.2, 0.25) is 0 Å². The molecule has 0 bridgehead atoms. The van der Waals surface area contributed by atoms with Crippen molar-refractivity contribution in [2.24, 2.45) is 5.41 Å². The average molecular weight is 522 g/mol. The number of nitrogens with zero attached hydrogens (tertiary/aromatic N) is 1. The molecule has 2 atom stereocenters. The summed E-state index contributed by atoms with van der Waals surface area (Å²) >= 11 is 4.66. The molecule has 2 aromatic carbocycles. The molecule has 1 aliphatic rings. The average Bonchev–Trinajstić information content (AvgIpc) is 3.38. The van der Waals surface area contributed by atoms with E-state index in [1.165, 1.54) is 11.3 Å². The number of nitriles is 1. The van der Waals surface area contributed by atoms with Gasteiger partial charge in [-0.2, -0.15) is 5.26 Å². The van der Waals surface area contributed by atoms with Gasteiger partial charge in [0.15, 0.2) is 5.78 Å². The molecule has 0 unspecified atom stereocenters. The second-order valence-corrected chi connectivity index (χ2v) is 9.72. The number of Topliss-reactive ketones (excluding diaryl/α,β-unsaturated/α-hetero) is 1. The van der Waals surface area contributed by atoms with E-state index in [4.69, 9.17) is 4.74 Å². The lowest BCUT2D eigenvalue weighted by molar-refractivity contribution is -0.141. The third-order valence-electron chi connectivity index (χ3n) is 5.88. The number of hydrogen-bond acceptors (Lipinski definition) is 6. The Hall–Kier alpha value is -3.21. The van der Waals surface area contributed by atoms with Crippen LogP contribution in [0.25, 0.3) is 0 Å². The molecular weight excluding hydrogens is 502 g/mol. The molecule has 4 rings (SSSR count). The molecule has 1 heterocycles. The predicted octanol–water partition coefficient (Wildman–Crippen LogP) is 6.34. The molecule has 3 aromatic rings. The number of carbonyl (C=O) groups excluding carboxylic acids is 2. The van der Waals surface area contributed by atoms with Crippen molar-refractivity contribution in [2.45, 2.75) is 25.4 Å². The molecule has 33 heavy (non-hydrogen) atoms. The summed E-state index contributed by atoms with van der Waals surface area (Å²) in [7, 11) is 0. The molecule has 0 fully saturated rings. The van der Waals surface area contributed by atoms with E-state index in [9.17, 15) is 20.0 Å². The molecule has 7 heteroatoms. The van der Waals surface area contributed by atoms with Crippen LogP contribution in [0.4, 0.5) is 0 Å². The zero-order valence-corrected chi connectivity index (χ0v) is 19.9. The van der Waals surface area contributed by atoms with Gasteiger partial charge in [0.25, 0.3) is 0 Å². The normalized spacial score (nSPS) is 20.2. The highest BCUT2D eigenvalue weighted by atomic mass is 79.9. The van der Waals surface area contributed by atoms with E-state index in [-0.39, 0.29) is 36.6 Å². The van der Waals surface area contributed by atoms with Crippen molar-refractivity contribution in [1.29, 1.82) is 5.26 Å². The van der Waals surface area contributed by atoms with Gasteiger partial charge in [0.1, 0.15) is 17.8 Å². The van der Waals surface area contributed by atoms with Crippen LogP contribution in [-0.4, -0.2) is 16.9 Å². The fourth-order valence-electron chi connectivity index (χ4n) is 4.13. The molecule has 0 saturated heterocycles. The van der Waals surface area contributed by atoms with Gasteiger partial charge in [-0.15, -0.1) is 11.3 Å². The van der Waals surface area contributed by atoms with Crippen LogP contribution >= 0.6 is 27.3 Å². The minimum absolute atomic E-state index is 0.0118. The smallest absolute Gasteiger partial charge is 0.337 e. The summed E-state index contributed by atoms with van der Waals surface area (Å²) in [5, 5.41) is 22.9. The fraction of sp³-hybridized carbons (Fsp3) is 0.192. The van der Waals surface area contributed by atoms with Gasteiger partial charge < -0.3 is 9.84 Å². The second-order valence-electron chi connectivity index (χ2n) is 7.86. The van der Waals surface area contributed by atoms with Gasteiger partial charge in [0.05, 0.1) is 16.5 Å². The van der Waals surface area contributed by atoms with Crippen LogP contribution in [0.2, 0.25) is 0 Å². The number of allylic oxidation sites excluding steroid dienone is 1. The number of rotatable bonds is 6. The number of halogens is 1. The predicted molar refractivity (Wildman–Crippen MR) is 129 cm³/mol. The molecule has 5 nitrogen and oxygen atoms in total. The van der Waals surface area contributed by atoms with Crippen molar-refractivity contribution in [1.82, 2.24) is 0 Å². The summed E-state index contributed by atoms with van der Waals surface area (Å²) in [5.41, 5.74) is -0.0270. The first kappa shape index (κ1) is 23.0. The number of hydrogen-bond donors (Lipinski definition) is 1. The van der Waals surface area contributed by atoms with Gasteiger partial charge in [0, 0.05) is 23.2 Å². The summed E-state index contributed by atoms with van der Waals surface area (Å²) < 4.78 is 6.28. The summed E-state index contributed by atoms with van der Waals surface area (Å²) in [6.45, 7) is 0.0328. The van der Waals surface area contributed by atoms with E-state index in [1.807, 2.05) is 54.6 Å². The molecule has 0 saturated carbocycles. The summed E-state index contributed by atoms with van der Waals surface area (Å²) in [6.07, 6.45) is -0.234. The molecule has 0 amide bonds. The van der Waals surface area contributed by atoms with Crippen molar-refractivity contribution >= 4 is 39.0 Å². The van der Waals surface area contributed by atoms with Gasteiger partial charge in [-0.1, -0.05) is 64.5 Å². The highest BCUT2D eigenvalue weighted by Crippen LogP contribution is 2.51. The Morgan fingerprint density at radius 3 is 2.48 bits per heavy atom. The molecule has 1 N–H and O–H groups in total. The molecule has 0 spiro atoms. The van der Waals surface area contributed by atoms with Crippen LogP contribution in [0.15, 0.2) is 87.9 Å². The number of ether oxygens (including phenoxy) is 1. The van der Waals surface area contributed by atoms with Crippen molar-refractivity contribution in [3.63, 3.8) is 0 Å². The number of esters is 1. The van der Waals surface area contributed by atoms with Crippen LogP contribution in [0.5, 0.6) is 0 Å². The lowest BCUT2D eigenvalue weighted by Crippen LogP contribution is -2.40. The number of carbonyl (C=O) groups is 2. The molecule has 0 aliphatic heterocycles. The van der Waals surface area contributed by atoms with Gasteiger partial charge in [-0.05, 0) is 34.7 Å². The minimum atomic E-state index is -1.55. The monoisotopic (exact) mass is 521 g/mol. The summed E-state index contributed by atoms with van der Waals surface area (Å²) in [6, 6.07) is 22.2. The quantitative estimate of drug-likeness (QED) is 0.302. The van der Waals surface area contributed by atoms with Crippen LogP contribution in [0, 0.1) is 16.7 Å². The third-order valence-corrected chi connectivity index (χ3v) is 7.27. The number of thiophene rings is 1. The summed E-state index contributed by atoms with van der Waals surface area (Å²) in [5.74, 6) is -1.83. The lowest BCUT2D eigenvalue weighted by Gasteiger charge is -2.38. The number of aliphatic hydroxyl groups is 1. The lowest BCUT2D eigenvalue weighted by atomic mass is 9.62. The number of aliphatic hydroxyl groups excluding tert-OH is 1. The van der Waals surface area contributed by atoms with E-state index < -0.39 is 17.3 Å². The Morgan fingerprint density at radius 2 is 1.85 bits per heavy atom. The van der Waals surface area contributed by atoms with E-state index in [0.29, 0.717) is 4.88 Å².